The second kappa shape index (κ2) is 5.62. The van der Waals surface area contributed by atoms with Crippen LogP contribution < -0.4 is 11.2 Å². The Kier molecular flexibility index (Phi) is 3.50. The van der Waals surface area contributed by atoms with Crippen LogP contribution in [0.15, 0.2) is 27.9 Å². The lowest BCUT2D eigenvalue weighted by Gasteiger charge is -2.17. The number of carbonyl (C=O) groups is 1. The molecule has 132 valence electrons. The number of nitrogens with one attached hydrogen (secondary N) is 1. The van der Waals surface area contributed by atoms with Gasteiger partial charge in [0, 0.05) is 37.7 Å². The molecule has 4 heterocycles. The molecular formula is C18H17N5O3. The number of fused-ring (bicyclic) bond motifs is 2. The lowest BCUT2D eigenvalue weighted by atomic mass is 10.1. The Morgan fingerprint density at radius 1 is 1.12 bits per heavy atom. The molecule has 3 aromatic rings. The van der Waals surface area contributed by atoms with E-state index in [4.69, 9.17) is 0 Å². The van der Waals surface area contributed by atoms with Crippen molar-refractivity contribution in [2.45, 2.75) is 26.9 Å². The second-order valence-electron chi connectivity index (χ2n) is 6.58. The maximum Gasteiger partial charge on any atom is 0.329 e. The minimum absolute atomic E-state index is 0.132. The third kappa shape index (κ3) is 2.42. The Hall–Kier alpha value is -3.29. The molecule has 8 heteroatoms. The molecule has 3 aromatic heterocycles. The van der Waals surface area contributed by atoms with Gasteiger partial charge in [0.2, 0.25) is 0 Å². The molecule has 1 N–H and O–H groups in total. The summed E-state index contributed by atoms with van der Waals surface area (Å²) in [5, 5.41) is 0.132. The number of aromatic nitrogens is 4. The summed E-state index contributed by atoms with van der Waals surface area (Å²) in [5.74, 6) is -0.265. The molecule has 1 aliphatic heterocycles. The summed E-state index contributed by atoms with van der Waals surface area (Å²) in [6.45, 7) is 4.54. The molecule has 1 amide bonds. The van der Waals surface area contributed by atoms with Gasteiger partial charge >= 0.3 is 5.69 Å². The van der Waals surface area contributed by atoms with E-state index in [1.54, 1.807) is 24.1 Å². The minimum Gasteiger partial charge on any atom is -0.330 e. The SMILES string of the molecule is Cc1cc2c(cn1)CN(C(=O)c1cc(C)nc3c1c(=O)[nH]c(=O)n3C)C2. The quantitative estimate of drug-likeness (QED) is 0.698. The number of hydrogen-bond acceptors (Lipinski definition) is 5. The zero-order valence-electron chi connectivity index (χ0n) is 14.7. The summed E-state index contributed by atoms with van der Waals surface area (Å²) >= 11 is 0. The van der Waals surface area contributed by atoms with Gasteiger partial charge in [-0.3, -0.25) is 24.1 Å². The van der Waals surface area contributed by atoms with Crippen LogP contribution in [-0.2, 0) is 20.1 Å². The number of aromatic amines is 1. The van der Waals surface area contributed by atoms with Gasteiger partial charge in [0.25, 0.3) is 11.5 Å². The molecule has 0 unspecified atom stereocenters. The van der Waals surface area contributed by atoms with E-state index >= 15 is 0 Å². The number of hydrogen-bond donors (Lipinski definition) is 1. The number of rotatable bonds is 1. The van der Waals surface area contributed by atoms with Gasteiger partial charge in [-0.05, 0) is 37.1 Å². The fourth-order valence-corrected chi connectivity index (χ4v) is 3.35. The topological polar surface area (TPSA) is 101 Å². The van der Waals surface area contributed by atoms with Gasteiger partial charge in [-0.2, -0.15) is 0 Å². The van der Waals surface area contributed by atoms with Gasteiger partial charge < -0.3 is 4.90 Å². The number of pyridine rings is 2. The zero-order valence-corrected chi connectivity index (χ0v) is 14.7. The van der Waals surface area contributed by atoms with Crippen LogP contribution in [0.5, 0.6) is 0 Å². The number of amides is 1. The van der Waals surface area contributed by atoms with Gasteiger partial charge in [0.1, 0.15) is 5.65 Å². The van der Waals surface area contributed by atoms with E-state index in [1.165, 1.54) is 11.6 Å². The van der Waals surface area contributed by atoms with Gasteiger partial charge in [0.05, 0.1) is 10.9 Å². The largest absolute Gasteiger partial charge is 0.330 e. The van der Waals surface area contributed by atoms with Crippen molar-refractivity contribution in [1.82, 2.24) is 24.4 Å². The molecule has 0 saturated heterocycles. The first-order valence-electron chi connectivity index (χ1n) is 8.19. The van der Waals surface area contributed by atoms with E-state index in [0.717, 1.165) is 16.8 Å². The average Bonchev–Trinajstić information content (AvgIpc) is 3.01. The molecule has 8 nitrogen and oxygen atoms in total. The first-order valence-corrected chi connectivity index (χ1v) is 8.19. The zero-order chi connectivity index (χ0) is 18.6. The highest BCUT2D eigenvalue weighted by Crippen LogP contribution is 2.25. The molecule has 4 rings (SSSR count). The first kappa shape index (κ1) is 16.2. The summed E-state index contributed by atoms with van der Waals surface area (Å²) in [5.41, 5.74) is 2.81. The first-order chi connectivity index (χ1) is 12.3. The predicted molar refractivity (Wildman–Crippen MR) is 94.9 cm³/mol. The Morgan fingerprint density at radius 3 is 2.62 bits per heavy atom. The molecule has 0 bridgehead atoms. The molecule has 0 fully saturated rings. The normalized spacial score (nSPS) is 13.3. The van der Waals surface area contributed by atoms with Gasteiger partial charge in [0.15, 0.2) is 0 Å². The van der Waals surface area contributed by atoms with E-state index in [0.29, 0.717) is 18.8 Å². The number of H-pyrrole nitrogens is 1. The van der Waals surface area contributed by atoms with Crippen LogP contribution in [0.1, 0.15) is 32.9 Å². The summed E-state index contributed by atoms with van der Waals surface area (Å²) in [4.78, 5) is 49.8. The van der Waals surface area contributed by atoms with Crippen LogP contribution in [-0.4, -0.2) is 30.3 Å². The van der Waals surface area contributed by atoms with Crippen LogP contribution in [0.25, 0.3) is 11.0 Å². The predicted octanol–water partition coefficient (Wildman–Crippen LogP) is 0.790. The molecule has 0 aromatic carbocycles. The van der Waals surface area contributed by atoms with Crippen LogP contribution in [0.3, 0.4) is 0 Å². The summed E-state index contributed by atoms with van der Waals surface area (Å²) in [7, 11) is 1.52. The van der Waals surface area contributed by atoms with Gasteiger partial charge in [-0.15, -0.1) is 0 Å². The van der Waals surface area contributed by atoms with Crippen molar-refractivity contribution < 1.29 is 4.79 Å². The highest BCUT2D eigenvalue weighted by Gasteiger charge is 2.27. The molecule has 0 saturated carbocycles. The van der Waals surface area contributed by atoms with E-state index in [2.05, 4.69) is 15.0 Å². The smallest absolute Gasteiger partial charge is 0.329 e. The van der Waals surface area contributed by atoms with E-state index in [-0.39, 0.29) is 22.5 Å². The summed E-state index contributed by atoms with van der Waals surface area (Å²) < 4.78 is 1.24. The van der Waals surface area contributed by atoms with Crippen LogP contribution in [0.2, 0.25) is 0 Å². The van der Waals surface area contributed by atoms with Crippen molar-refractivity contribution in [3.05, 3.63) is 67.2 Å². The second-order valence-corrected chi connectivity index (χ2v) is 6.58. The highest BCUT2D eigenvalue weighted by molar-refractivity contribution is 6.05. The highest BCUT2D eigenvalue weighted by atomic mass is 16.2. The molecule has 0 atom stereocenters. The fourth-order valence-electron chi connectivity index (χ4n) is 3.35. The van der Waals surface area contributed by atoms with Crippen LogP contribution >= 0.6 is 0 Å². The Bertz CT molecular complexity index is 1190. The fraction of sp³-hybridized carbons (Fsp3) is 0.278. The number of carbonyl (C=O) groups excluding carboxylic acids is 1. The third-order valence-corrected chi connectivity index (χ3v) is 4.66. The maximum absolute atomic E-state index is 13.2. The molecule has 0 spiro atoms. The van der Waals surface area contributed by atoms with Gasteiger partial charge in [-0.1, -0.05) is 0 Å². The Balaban J connectivity index is 1.85. The van der Waals surface area contributed by atoms with E-state index in [1.807, 2.05) is 13.0 Å². The van der Waals surface area contributed by atoms with Crippen LogP contribution in [0, 0.1) is 13.8 Å². The molecule has 1 aliphatic rings. The lowest BCUT2D eigenvalue weighted by Crippen LogP contribution is -2.32. The van der Waals surface area contributed by atoms with Crippen molar-refractivity contribution >= 4 is 16.9 Å². The molecule has 0 radical (unpaired) electrons. The number of aryl methyl sites for hydroxylation is 3. The van der Waals surface area contributed by atoms with Crippen molar-refractivity contribution in [2.75, 3.05) is 0 Å². The summed E-state index contributed by atoms with van der Waals surface area (Å²) in [6.07, 6.45) is 1.78. The summed E-state index contributed by atoms with van der Waals surface area (Å²) in [6, 6.07) is 3.56. The maximum atomic E-state index is 13.2. The monoisotopic (exact) mass is 351 g/mol. The van der Waals surface area contributed by atoms with Crippen molar-refractivity contribution in [3.8, 4) is 0 Å². The van der Waals surface area contributed by atoms with E-state index < -0.39 is 11.2 Å². The Labute approximate surface area is 148 Å². The third-order valence-electron chi connectivity index (χ3n) is 4.66. The Morgan fingerprint density at radius 2 is 1.85 bits per heavy atom. The lowest BCUT2D eigenvalue weighted by molar-refractivity contribution is 0.0753. The molecule has 0 aliphatic carbocycles. The van der Waals surface area contributed by atoms with Crippen LogP contribution in [0.4, 0.5) is 0 Å². The van der Waals surface area contributed by atoms with Crippen molar-refractivity contribution in [1.29, 1.82) is 0 Å². The van der Waals surface area contributed by atoms with Crippen molar-refractivity contribution in [2.24, 2.45) is 7.05 Å². The van der Waals surface area contributed by atoms with E-state index in [9.17, 15) is 14.4 Å². The molecular weight excluding hydrogens is 334 g/mol. The van der Waals surface area contributed by atoms with Crippen molar-refractivity contribution in [3.63, 3.8) is 0 Å². The standard InChI is InChI=1S/C18H17N5O3/c1-9-4-11-7-23(8-12(11)6-19-9)17(25)13-5-10(2)20-15-14(13)16(24)21-18(26)22(15)3/h4-6H,7-8H2,1-3H3,(H,21,24,26). The molecule has 26 heavy (non-hydrogen) atoms. The minimum atomic E-state index is -0.604. The van der Waals surface area contributed by atoms with Gasteiger partial charge in [-0.25, -0.2) is 9.78 Å². The number of nitrogens with zero attached hydrogens (tertiary/aromatic N) is 4. The average molecular weight is 351 g/mol.